The second-order valence-corrected chi connectivity index (χ2v) is 2.49. The highest BCUT2D eigenvalue weighted by atomic mass is 16.6. The van der Waals surface area contributed by atoms with Crippen LogP contribution in [-0.4, -0.2) is 13.2 Å². The van der Waals surface area contributed by atoms with E-state index in [4.69, 9.17) is 11.2 Å². The van der Waals surface area contributed by atoms with Gasteiger partial charge in [0.15, 0.2) is 0 Å². The van der Waals surface area contributed by atoms with Crippen molar-refractivity contribution in [3.63, 3.8) is 0 Å². The molecule has 0 saturated carbocycles. The lowest BCUT2D eigenvalue weighted by molar-refractivity contribution is 0.148. The highest BCUT2D eigenvalue weighted by Gasteiger charge is 1.91. The molecule has 0 aliphatic heterocycles. The molecule has 0 radical (unpaired) electrons. The molecule has 68 valence electrons. The molecule has 4 heteroatoms. The Bertz CT molecular complexity index is 289. The second kappa shape index (κ2) is 5.14. The molecule has 4 nitrogen and oxygen atoms in total. The molecule has 0 bridgehead atoms. The molecule has 1 aromatic rings. The predicted octanol–water partition coefficient (Wildman–Crippen LogP) is 0.860. The monoisotopic (exact) mass is 177 g/mol. The minimum absolute atomic E-state index is 0.458. The SMILES string of the molecule is N#Cc1ccc(NCCON)cc1. The van der Waals surface area contributed by atoms with Gasteiger partial charge in [-0.1, -0.05) is 0 Å². The molecule has 0 saturated heterocycles. The normalized spacial score (nSPS) is 9.23. The third-order valence-electron chi connectivity index (χ3n) is 1.56. The van der Waals surface area contributed by atoms with Crippen LogP contribution in [0.3, 0.4) is 0 Å². The van der Waals surface area contributed by atoms with E-state index in [1.165, 1.54) is 0 Å². The van der Waals surface area contributed by atoms with Gasteiger partial charge in [0.1, 0.15) is 0 Å². The van der Waals surface area contributed by atoms with Crippen molar-refractivity contribution in [2.24, 2.45) is 5.90 Å². The summed E-state index contributed by atoms with van der Waals surface area (Å²) in [7, 11) is 0. The third-order valence-corrected chi connectivity index (χ3v) is 1.56. The molecule has 0 fully saturated rings. The van der Waals surface area contributed by atoms with E-state index < -0.39 is 0 Å². The van der Waals surface area contributed by atoms with Crippen molar-refractivity contribution in [1.29, 1.82) is 5.26 Å². The van der Waals surface area contributed by atoms with Crippen LogP contribution in [-0.2, 0) is 4.84 Å². The van der Waals surface area contributed by atoms with Crippen molar-refractivity contribution in [3.05, 3.63) is 29.8 Å². The van der Waals surface area contributed by atoms with E-state index in [9.17, 15) is 0 Å². The van der Waals surface area contributed by atoms with Crippen molar-refractivity contribution < 1.29 is 4.84 Å². The summed E-state index contributed by atoms with van der Waals surface area (Å²) in [6.45, 7) is 1.11. The predicted molar refractivity (Wildman–Crippen MR) is 49.8 cm³/mol. The molecule has 1 rings (SSSR count). The first-order chi connectivity index (χ1) is 6.36. The van der Waals surface area contributed by atoms with Crippen LogP contribution in [0, 0.1) is 11.3 Å². The fourth-order valence-corrected chi connectivity index (χ4v) is 0.917. The van der Waals surface area contributed by atoms with Crippen molar-refractivity contribution >= 4 is 5.69 Å². The maximum atomic E-state index is 8.54. The Morgan fingerprint density at radius 2 is 2.08 bits per heavy atom. The van der Waals surface area contributed by atoms with Crippen LogP contribution in [0.2, 0.25) is 0 Å². The number of nitriles is 1. The van der Waals surface area contributed by atoms with Gasteiger partial charge < -0.3 is 10.2 Å². The number of anilines is 1. The maximum Gasteiger partial charge on any atom is 0.0991 e. The minimum Gasteiger partial charge on any atom is -0.383 e. The molecule has 0 aliphatic rings. The first kappa shape index (κ1) is 9.52. The summed E-state index contributed by atoms with van der Waals surface area (Å²) in [5.74, 6) is 4.86. The standard InChI is InChI=1S/C9H11N3O/c10-7-8-1-3-9(4-2-8)12-5-6-13-11/h1-4,12H,5-6,11H2. The average Bonchev–Trinajstić information content (AvgIpc) is 2.19. The number of rotatable bonds is 4. The first-order valence-corrected chi connectivity index (χ1v) is 3.92. The lowest BCUT2D eigenvalue weighted by Gasteiger charge is -2.04. The van der Waals surface area contributed by atoms with Gasteiger partial charge in [-0.05, 0) is 24.3 Å². The average molecular weight is 177 g/mol. The zero-order valence-electron chi connectivity index (χ0n) is 7.16. The largest absolute Gasteiger partial charge is 0.383 e. The fourth-order valence-electron chi connectivity index (χ4n) is 0.917. The molecular weight excluding hydrogens is 166 g/mol. The van der Waals surface area contributed by atoms with Gasteiger partial charge in [0.2, 0.25) is 0 Å². The molecular formula is C9H11N3O. The Labute approximate surface area is 76.9 Å². The zero-order valence-corrected chi connectivity index (χ0v) is 7.16. The number of nitrogens with two attached hydrogens (primary N) is 1. The van der Waals surface area contributed by atoms with Gasteiger partial charge in [0.05, 0.1) is 18.2 Å². The van der Waals surface area contributed by atoms with E-state index in [1.807, 2.05) is 18.2 Å². The van der Waals surface area contributed by atoms with Crippen LogP contribution in [0.15, 0.2) is 24.3 Å². The van der Waals surface area contributed by atoms with Gasteiger partial charge in [0, 0.05) is 12.2 Å². The molecule has 1 aromatic carbocycles. The van der Waals surface area contributed by atoms with E-state index >= 15 is 0 Å². The number of benzene rings is 1. The van der Waals surface area contributed by atoms with Crippen LogP contribution in [0.25, 0.3) is 0 Å². The summed E-state index contributed by atoms with van der Waals surface area (Å²) in [6, 6.07) is 9.24. The van der Waals surface area contributed by atoms with Crippen LogP contribution in [0.4, 0.5) is 5.69 Å². The summed E-state index contributed by atoms with van der Waals surface area (Å²) >= 11 is 0. The Kier molecular flexibility index (Phi) is 3.76. The van der Waals surface area contributed by atoms with Gasteiger partial charge in [-0.15, -0.1) is 0 Å². The Balaban J connectivity index is 2.46. The van der Waals surface area contributed by atoms with Crippen LogP contribution in [0.5, 0.6) is 0 Å². The molecule has 0 atom stereocenters. The topological polar surface area (TPSA) is 71.1 Å². The Hall–Kier alpha value is -1.57. The number of nitrogens with one attached hydrogen (secondary N) is 1. The highest BCUT2D eigenvalue weighted by molar-refractivity contribution is 5.46. The maximum absolute atomic E-state index is 8.54. The molecule has 0 amide bonds. The summed E-state index contributed by atoms with van der Waals surface area (Å²) < 4.78 is 0. The van der Waals surface area contributed by atoms with Gasteiger partial charge in [-0.2, -0.15) is 5.26 Å². The van der Waals surface area contributed by atoms with E-state index in [2.05, 4.69) is 10.2 Å². The van der Waals surface area contributed by atoms with Crippen molar-refractivity contribution in [2.75, 3.05) is 18.5 Å². The van der Waals surface area contributed by atoms with E-state index in [0.717, 1.165) is 5.69 Å². The van der Waals surface area contributed by atoms with Crippen LogP contribution >= 0.6 is 0 Å². The smallest absolute Gasteiger partial charge is 0.0991 e. The first-order valence-electron chi connectivity index (χ1n) is 3.92. The fraction of sp³-hybridized carbons (Fsp3) is 0.222. The van der Waals surface area contributed by atoms with Gasteiger partial charge in [-0.3, -0.25) is 0 Å². The second-order valence-electron chi connectivity index (χ2n) is 2.49. The Morgan fingerprint density at radius 1 is 1.38 bits per heavy atom. The van der Waals surface area contributed by atoms with E-state index in [0.29, 0.717) is 18.7 Å². The van der Waals surface area contributed by atoms with Gasteiger partial charge in [0.25, 0.3) is 0 Å². The van der Waals surface area contributed by atoms with Gasteiger partial charge >= 0.3 is 0 Å². The number of hydrogen-bond donors (Lipinski definition) is 2. The van der Waals surface area contributed by atoms with Gasteiger partial charge in [-0.25, -0.2) is 5.90 Å². The molecule has 0 spiro atoms. The number of nitrogens with zero attached hydrogens (tertiary/aromatic N) is 1. The van der Waals surface area contributed by atoms with Crippen LogP contribution in [0.1, 0.15) is 5.56 Å². The molecule has 3 N–H and O–H groups in total. The summed E-state index contributed by atoms with van der Waals surface area (Å²) in [5.41, 5.74) is 1.61. The number of hydrogen-bond acceptors (Lipinski definition) is 4. The molecule has 13 heavy (non-hydrogen) atoms. The summed E-state index contributed by atoms with van der Waals surface area (Å²) in [5, 5.41) is 11.6. The third kappa shape index (κ3) is 3.11. The molecule has 0 aliphatic carbocycles. The molecule has 0 unspecified atom stereocenters. The minimum atomic E-state index is 0.458. The quantitative estimate of drug-likeness (QED) is 0.528. The summed E-state index contributed by atoms with van der Waals surface area (Å²) in [4.78, 5) is 4.39. The van der Waals surface area contributed by atoms with E-state index in [-0.39, 0.29) is 0 Å². The molecule has 0 heterocycles. The highest BCUT2D eigenvalue weighted by Crippen LogP contribution is 2.07. The Morgan fingerprint density at radius 3 is 2.62 bits per heavy atom. The van der Waals surface area contributed by atoms with Crippen molar-refractivity contribution in [1.82, 2.24) is 0 Å². The zero-order chi connectivity index (χ0) is 9.52. The lowest BCUT2D eigenvalue weighted by Crippen LogP contribution is -2.12. The van der Waals surface area contributed by atoms with E-state index in [1.54, 1.807) is 12.1 Å². The lowest BCUT2D eigenvalue weighted by atomic mass is 10.2. The van der Waals surface area contributed by atoms with Crippen molar-refractivity contribution in [2.45, 2.75) is 0 Å². The van der Waals surface area contributed by atoms with Crippen molar-refractivity contribution in [3.8, 4) is 6.07 Å². The molecule has 0 aromatic heterocycles. The van der Waals surface area contributed by atoms with Crippen LogP contribution < -0.4 is 11.2 Å². The summed E-state index contributed by atoms with van der Waals surface area (Å²) in [6.07, 6.45) is 0.